The van der Waals surface area contributed by atoms with E-state index in [1.165, 1.54) is 7.05 Å². The molecule has 0 saturated heterocycles. The number of hydrogen-bond acceptors (Lipinski definition) is 7. The Kier molecular flexibility index (Phi) is 6.84. The molecule has 0 aliphatic carbocycles. The first-order chi connectivity index (χ1) is 6.93. The number of esters is 1. The minimum atomic E-state index is -0.448. The van der Waals surface area contributed by atoms with Gasteiger partial charge in [-0.25, -0.2) is 10.6 Å². The zero-order valence-corrected chi connectivity index (χ0v) is 8.97. The Morgan fingerprint density at radius 2 is 2.20 bits per heavy atom. The van der Waals surface area contributed by atoms with Crippen LogP contribution < -0.4 is 5.84 Å². The van der Waals surface area contributed by atoms with E-state index in [0.29, 0.717) is 17.2 Å². The van der Waals surface area contributed by atoms with Crippen LogP contribution in [-0.2, 0) is 14.5 Å². The average Bonchev–Trinajstić information content (AvgIpc) is 2.10. The Balaban J connectivity index is 3.46. The molecule has 88 valence electrons. The van der Waals surface area contributed by atoms with Gasteiger partial charge in [-0.15, -0.1) is 5.17 Å². The van der Waals surface area contributed by atoms with E-state index in [1.54, 1.807) is 6.92 Å². The van der Waals surface area contributed by atoms with Crippen LogP contribution in [0.3, 0.4) is 0 Å². The van der Waals surface area contributed by atoms with Gasteiger partial charge in [0, 0.05) is 12.6 Å². The summed E-state index contributed by atoms with van der Waals surface area (Å²) >= 11 is 0. The second kappa shape index (κ2) is 7.32. The van der Waals surface area contributed by atoms with Gasteiger partial charge in [-0.1, -0.05) is 6.58 Å². The summed E-state index contributed by atoms with van der Waals surface area (Å²) in [5, 5.41) is 10.4. The number of hydrogen-bond donors (Lipinski definition) is 2. The fraction of sp³-hybridized carbons (Fsp3) is 0.625. The number of carbonyl (C=O) groups is 1. The molecule has 0 aliphatic rings. The minimum Gasteiger partial charge on any atom is -0.462 e. The van der Waals surface area contributed by atoms with Crippen molar-refractivity contribution < 1.29 is 19.7 Å². The lowest BCUT2D eigenvalue weighted by Gasteiger charge is -2.17. The highest BCUT2D eigenvalue weighted by Crippen LogP contribution is 1.95. The van der Waals surface area contributed by atoms with E-state index in [0.717, 1.165) is 5.17 Å². The molecule has 7 heteroatoms. The van der Waals surface area contributed by atoms with E-state index in [-0.39, 0.29) is 13.2 Å². The van der Waals surface area contributed by atoms with Crippen molar-refractivity contribution in [2.45, 2.75) is 13.3 Å². The predicted octanol–water partition coefficient (Wildman–Crippen LogP) is -0.161. The summed E-state index contributed by atoms with van der Waals surface area (Å²) < 4.78 is 4.78. The number of nitrogens with two attached hydrogens (primary N) is 1. The number of carbonyl (C=O) groups excluding carboxylic acids is 1. The summed E-state index contributed by atoms with van der Waals surface area (Å²) in [5.41, 5.74) is 0.341. The molecular formula is C8H17N3O4. The van der Waals surface area contributed by atoms with Crippen LogP contribution in [0.25, 0.3) is 0 Å². The number of hydrazine groups is 1. The van der Waals surface area contributed by atoms with Crippen LogP contribution in [0.15, 0.2) is 12.2 Å². The maximum absolute atomic E-state index is 10.9. The van der Waals surface area contributed by atoms with Gasteiger partial charge in [0.1, 0.15) is 0 Å². The summed E-state index contributed by atoms with van der Waals surface area (Å²) in [5.74, 6) is 4.65. The van der Waals surface area contributed by atoms with Gasteiger partial charge >= 0.3 is 5.97 Å². The van der Waals surface area contributed by atoms with Crippen molar-refractivity contribution in [1.29, 1.82) is 0 Å². The van der Waals surface area contributed by atoms with Crippen LogP contribution in [0.4, 0.5) is 0 Å². The van der Waals surface area contributed by atoms with Crippen molar-refractivity contribution in [3.8, 4) is 0 Å². The first-order valence-electron chi connectivity index (χ1n) is 4.39. The molecule has 0 saturated carbocycles. The zero-order chi connectivity index (χ0) is 11.8. The van der Waals surface area contributed by atoms with Gasteiger partial charge in [0.25, 0.3) is 0 Å². The molecule has 0 spiro atoms. The molecule has 0 aromatic heterocycles. The fourth-order valence-corrected chi connectivity index (χ4v) is 0.677. The third-order valence-electron chi connectivity index (χ3n) is 1.30. The van der Waals surface area contributed by atoms with Crippen LogP contribution >= 0.6 is 0 Å². The molecular weight excluding hydrogens is 202 g/mol. The first-order valence-corrected chi connectivity index (χ1v) is 4.39. The van der Waals surface area contributed by atoms with Crippen molar-refractivity contribution in [1.82, 2.24) is 10.4 Å². The van der Waals surface area contributed by atoms with Crippen LogP contribution in [0.1, 0.15) is 13.3 Å². The maximum Gasteiger partial charge on any atom is 0.333 e. The van der Waals surface area contributed by atoms with Gasteiger partial charge in [0.2, 0.25) is 0 Å². The van der Waals surface area contributed by atoms with Gasteiger partial charge in [-0.2, -0.15) is 4.94 Å². The van der Waals surface area contributed by atoms with Crippen molar-refractivity contribution >= 4 is 5.97 Å². The Labute approximate surface area is 88.5 Å². The largest absolute Gasteiger partial charge is 0.462 e. The van der Waals surface area contributed by atoms with E-state index in [4.69, 9.17) is 15.8 Å². The molecule has 0 bridgehead atoms. The zero-order valence-electron chi connectivity index (χ0n) is 8.97. The van der Waals surface area contributed by atoms with Crippen LogP contribution in [0.5, 0.6) is 0 Å². The normalized spacial score (nSPS) is 10.8. The molecule has 3 N–H and O–H groups in total. The highest BCUT2D eigenvalue weighted by Gasteiger charge is 2.05. The van der Waals surface area contributed by atoms with Crippen molar-refractivity contribution in [3.63, 3.8) is 0 Å². The molecule has 0 heterocycles. The van der Waals surface area contributed by atoms with E-state index in [1.807, 2.05) is 0 Å². The third kappa shape index (κ3) is 8.03. The second-order valence-corrected chi connectivity index (χ2v) is 2.97. The highest BCUT2D eigenvalue weighted by molar-refractivity contribution is 5.86. The quantitative estimate of drug-likeness (QED) is 0.202. The van der Waals surface area contributed by atoms with Crippen LogP contribution in [0, 0.1) is 0 Å². The SMILES string of the molecule is C=C(C)C(=O)OCCCN(O)ON(C)N. The van der Waals surface area contributed by atoms with E-state index < -0.39 is 5.97 Å². The molecule has 0 aromatic rings. The van der Waals surface area contributed by atoms with Crippen molar-refractivity contribution in [2.75, 3.05) is 20.2 Å². The standard InChI is InChI=1S/C8H17N3O4/c1-7(2)8(12)14-6-4-5-11(13)15-10(3)9/h13H,1,4-6,9H2,2-3H3. The lowest BCUT2D eigenvalue weighted by molar-refractivity contribution is -0.434. The van der Waals surface area contributed by atoms with E-state index in [9.17, 15) is 4.79 Å². The number of rotatable bonds is 7. The second-order valence-electron chi connectivity index (χ2n) is 2.97. The lowest BCUT2D eigenvalue weighted by atomic mass is 10.4. The van der Waals surface area contributed by atoms with Gasteiger partial charge in [0.15, 0.2) is 0 Å². The van der Waals surface area contributed by atoms with Crippen LogP contribution in [0.2, 0.25) is 0 Å². The summed E-state index contributed by atoms with van der Waals surface area (Å²) in [6, 6.07) is 0. The highest BCUT2D eigenvalue weighted by atomic mass is 17.0. The summed E-state index contributed by atoms with van der Waals surface area (Å²) in [6.45, 7) is 5.34. The molecule has 0 radical (unpaired) electrons. The third-order valence-corrected chi connectivity index (χ3v) is 1.30. The van der Waals surface area contributed by atoms with Crippen molar-refractivity contribution in [2.24, 2.45) is 5.84 Å². The first kappa shape index (κ1) is 14.0. The number of hydroxylamine groups is 3. The lowest BCUT2D eigenvalue weighted by Crippen LogP contribution is -2.35. The topological polar surface area (TPSA) is 88.3 Å². The monoisotopic (exact) mass is 219 g/mol. The van der Waals surface area contributed by atoms with Crippen LogP contribution in [-0.4, -0.2) is 41.8 Å². The number of nitrogens with zero attached hydrogens (tertiary/aromatic N) is 2. The number of ether oxygens (including phenoxy) is 1. The van der Waals surface area contributed by atoms with Gasteiger partial charge in [-0.3, -0.25) is 5.21 Å². The minimum absolute atomic E-state index is 0.172. The molecule has 0 amide bonds. The molecule has 15 heavy (non-hydrogen) atoms. The Bertz CT molecular complexity index is 220. The fourth-order valence-electron chi connectivity index (χ4n) is 0.677. The Morgan fingerprint density at radius 1 is 1.60 bits per heavy atom. The van der Waals surface area contributed by atoms with Crippen molar-refractivity contribution in [3.05, 3.63) is 12.2 Å². The molecule has 0 unspecified atom stereocenters. The molecule has 0 atom stereocenters. The summed E-state index contributed by atoms with van der Waals surface area (Å²) in [6.07, 6.45) is 0.420. The molecule has 0 rings (SSSR count). The molecule has 0 fully saturated rings. The molecule has 0 aliphatic heterocycles. The van der Waals surface area contributed by atoms with E-state index >= 15 is 0 Å². The Hall–Kier alpha value is -0.990. The molecule has 7 nitrogen and oxygen atoms in total. The van der Waals surface area contributed by atoms with Gasteiger partial charge in [0.05, 0.1) is 13.2 Å². The predicted molar refractivity (Wildman–Crippen MR) is 51.9 cm³/mol. The average molecular weight is 219 g/mol. The summed E-state index contributed by atoms with van der Waals surface area (Å²) in [4.78, 5) is 15.5. The molecule has 0 aromatic carbocycles. The Morgan fingerprint density at radius 3 is 2.67 bits per heavy atom. The summed E-state index contributed by atoms with van der Waals surface area (Å²) in [7, 11) is 1.42. The van der Waals surface area contributed by atoms with Gasteiger partial charge in [-0.05, 0) is 18.6 Å². The maximum atomic E-state index is 10.9. The van der Waals surface area contributed by atoms with Gasteiger partial charge < -0.3 is 4.74 Å². The van der Waals surface area contributed by atoms with E-state index in [2.05, 4.69) is 11.5 Å². The smallest absolute Gasteiger partial charge is 0.333 e.